The Morgan fingerprint density at radius 1 is 1.11 bits per heavy atom. The van der Waals surface area contributed by atoms with Gasteiger partial charge in [0, 0.05) is 22.3 Å². The molecule has 3 aromatic rings. The van der Waals surface area contributed by atoms with Crippen LogP contribution in [0.15, 0.2) is 51.7 Å². The van der Waals surface area contributed by atoms with E-state index in [0.717, 1.165) is 6.07 Å². The molecule has 8 heteroatoms. The summed E-state index contributed by atoms with van der Waals surface area (Å²) in [7, 11) is 0. The van der Waals surface area contributed by atoms with E-state index in [0.29, 0.717) is 21.8 Å². The van der Waals surface area contributed by atoms with Crippen molar-refractivity contribution in [1.82, 2.24) is 0 Å². The lowest BCUT2D eigenvalue weighted by Crippen LogP contribution is -2.16. The highest BCUT2D eigenvalue weighted by atomic mass is 35.5. The van der Waals surface area contributed by atoms with Gasteiger partial charge in [-0.05, 0) is 42.0 Å². The number of ether oxygens (including phenoxy) is 1. The average Bonchev–Trinajstić information content (AvgIpc) is 3.05. The van der Waals surface area contributed by atoms with E-state index in [9.17, 15) is 19.2 Å². The van der Waals surface area contributed by atoms with Crippen molar-refractivity contribution < 1.29 is 23.5 Å². The fourth-order valence-electron chi connectivity index (χ4n) is 2.92. The van der Waals surface area contributed by atoms with Crippen LogP contribution in [0.25, 0.3) is 11.0 Å². The maximum atomic E-state index is 12.3. The molecule has 1 aliphatic rings. The van der Waals surface area contributed by atoms with Gasteiger partial charge in [-0.2, -0.15) is 0 Å². The monoisotopic (exact) mass is 397 g/mol. The minimum absolute atomic E-state index is 0.140. The predicted octanol–water partition coefficient (Wildman–Crippen LogP) is 2.98. The van der Waals surface area contributed by atoms with Gasteiger partial charge in [0.05, 0.1) is 11.8 Å². The van der Waals surface area contributed by atoms with Gasteiger partial charge in [-0.15, -0.1) is 0 Å². The molecule has 1 amide bonds. The fraction of sp³-hybridized carbons (Fsp3) is 0.100. The zero-order valence-electron chi connectivity index (χ0n) is 14.3. The smallest absolute Gasteiger partial charge is 0.374 e. The maximum Gasteiger partial charge on any atom is 0.374 e. The molecular weight excluding hydrogens is 386 g/mol. The Bertz CT molecular complexity index is 1210. The molecule has 7 nitrogen and oxygen atoms in total. The van der Waals surface area contributed by atoms with E-state index in [-0.39, 0.29) is 29.1 Å². The third-order valence-electron chi connectivity index (χ3n) is 4.28. The highest BCUT2D eigenvalue weighted by molar-refractivity contribution is 6.31. The van der Waals surface area contributed by atoms with Crippen molar-refractivity contribution in [3.63, 3.8) is 0 Å². The van der Waals surface area contributed by atoms with Crippen molar-refractivity contribution in [3.05, 3.63) is 74.6 Å². The summed E-state index contributed by atoms with van der Waals surface area (Å²) in [5, 5.41) is 3.28. The first-order valence-corrected chi connectivity index (χ1v) is 8.65. The molecule has 0 radical (unpaired) electrons. The lowest BCUT2D eigenvalue weighted by Gasteiger charge is -2.06. The topological polar surface area (TPSA) is 103 Å². The van der Waals surface area contributed by atoms with Crippen LogP contribution < -0.4 is 10.7 Å². The number of Topliss-reactive ketones (excluding diaryl/α,β-unsaturated/α-hetero) is 1. The molecule has 0 unspecified atom stereocenters. The summed E-state index contributed by atoms with van der Waals surface area (Å²) in [5.41, 5.74) is 1.43. The predicted molar refractivity (Wildman–Crippen MR) is 101 cm³/mol. The van der Waals surface area contributed by atoms with E-state index in [1.54, 1.807) is 18.2 Å². The molecule has 1 aliphatic heterocycles. The van der Waals surface area contributed by atoms with Crippen molar-refractivity contribution in [2.45, 2.75) is 6.42 Å². The highest BCUT2D eigenvalue weighted by Crippen LogP contribution is 2.24. The Balaban J connectivity index is 1.49. The normalized spacial score (nSPS) is 12.5. The number of halogens is 1. The van der Waals surface area contributed by atoms with Gasteiger partial charge >= 0.3 is 5.97 Å². The molecule has 2 aromatic carbocycles. The second-order valence-electron chi connectivity index (χ2n) is 6.21. The number of ketones is 1. The molecule has 140 valence electrons. The van der Waals surface area contributed by atoms with Gasteiger partial charge < -0.3 is 14.5 Å². The van der Waals surface area contributed by atoms with Crippen molar-refractivity contribution >= 4 is 45.9 Å². The largest absolute Gasteiger partial charge is 0.451 e. The SMILES string of the molecule is O=C1Cc2cc(C(=O)COC(=O)c3cc(=O)c4cc(Cl)ccc4o3)ccc2N1. The first kappa shape index (κ1) is 17.9. The fourth-order valence-corrected chi connectivity index (χ4v) is 3.09. The maximum absolute atomic E-state index is 12.3. The number of carbonyl (C=O) groups excluding carboxylic acids is 3. The number of esters is 1. The summed E-state index contributed by atoms with van der Waals surface area (Å²) >= 11 is 5.85. The van der Waals surface area contributed by atoms with Gasteiger partial charge in [-0.1, -0.05) is 11.6 Å². The number of hydrogen-bond acceptors (Lipinski definition) is 6. The number of nitrogens with one attached hydrogen (secondary N) is 1. The van der Waals surface area contributed by atoms with Gasteiger partial charge in [0.1, 0.15) is 5.58 Å². The zero-order valence-corrected chi connectivity index (χ0v) is 15.0. The minimum Gasteiger partial charge on any atom is -0.451 e. The van der Waals surface area contributed by atoms with Gasteiger partial charge in [0.15, 0.2) is 17.8 Å². The summed E-state index contributed by atoms with van der Waals surface area (Å²) < 4.78 is 10.4. The lowest BCUT2D eigenvalue weighted by molar-refractivity contribution is -0.115. The summed E-state index contributed by atoms with van der Waals surface area (Å²) in [5.74, 6) is -1.82. The van der Waals surface area contributed by atoms with Gasteiger partial charge in [0.2, 0.25) is 11.7 Å². The Labute approximate surface area is 162 Å². The second kappa shape index (κ2) is 6.94. The lowest BCUT2D eigenvalue weighted by atomic mass is 10.1. The molecule has 0 saturated heterocycles. The molecule has 0 bridgehead atoms. The molecule has 1 N–H and O–H groups in total. The van der Waals surface area contributed by atoms with Crippen LogP contribution in [-0.4, -0.2) is 24.3 Å². The number of amides is 1. The summed E-state index contributed by atoms with van der Waals surface area (Å²) in [6.07, 6.45) is 0.197. The second-order valence-corrected chi connectivity index (χ2v) is 6.65. The van der Waals surface area contributed by atoms with Crippen LogP contribution in [-0.2, 0) is 16.0 Å². The summed E-state index contributed by atoms with van der Waals surface area (Å²) in [6, 6.07) is 10.2. The minimum atomic E-state index is -0.930. The molecule has 0 saturated carbocycles. The van der Waals surface area contributed by atoms with Crippen molar-refractivity contribution in [2.75, 3.05) is 11.9 Å². The molecule has 28 heavy (non-hydrogen) atoms. The number of fused-ring (bicyclic) bond motifs is 2. The third kappa shape index (κ3) is 3.39. The molecule has 0 aliphatic carbocycles. The first-order valence-electron chi connectivity index (χ1n) is 8.27. The quantitative estimate of drug-likeness (QED) is 0.536. The highest BCUT2D eigenvalue weighted by Gasteiger charge is 2.20. The molecule has 0 fully saturated rings. The van der Waals surface area contributed by atoms with E-state index < -0.39 is 23.8 Å². The number of benzene rings is 2. The van der Waals surface area contributed by atoms with Crippen molar-refractivity contribution in [2.24, 2.45) is 0 Å². The van der Waals surface area contributed by atoms with E-state index in [1.807, 2.05) is 0 Å². The zero-order chi connectivity index (χ0) is 19.8. The first-order chi connectivity index (χ1) is 13.4. The Morgan fingerprint density at radius 2 is 1.93 bits per heavy atom. The van der Waals surface area contributed by atoms with Gasteiger partial charge in [-0.3, -0.25) is 14.4 Å². The number of anilines is 1. The Kier molecular flexibility index (Phi) is 4.44. The third-order valence-corrected chi connectivity index (χ3v) is 4.51. The molecular formula is C20H12ClNO6. The molecule has 0 spiro atoms. The van der Waals surface area contributed by atoms with Crippen LogP contribution in [0.1, 0.15) is 26.5 Å². The van der Waals surface area contributed by atoms with E-state index in [4.69, 9.17) is 20.8 Å². The molecule has 2 heterocycles. The number of carbonyl (C=O) groups is 3. The van der Waals surface area contributed by atoms with Crippen molar-refractivity contribution in [1.29, 1.82) is 0 Å². The van der Waals surface area contributed by atoms with Crippen LogP contribution in [0.5, 0.6) is 0 Å². The summed E-state index contributed by atoms with van der Waals surface area (Å²) in [4.78, 5) is 48.0. The van der Waals surface area contributed by atoms with E-state index in [1.165, 1.54) is 18.2 Å². The number of hydrogen-bond donors (Lipinski definition) is 1. The van der Waals surface area contributed by atoms with Gasteiger partial charge in [-0.25, -0.2) is 4.79 Å². The Hall–Kier alpha value is -3.45. The molecule has 0 atom stereocenters. The van der Waals surface area contributed by atoms with Crippen LogP contribution in [0.4, 0.5) is 5.69 Å². The molecule has 4 rings (SSSR count). The van der Waals surface area contributed by atoms with Crippen molar-refractivity contribution in [3.8, 4) is 0 Å². The summed E-state index contributed by atoms with van der Waals surface area (Å²) in [6.45, 7) is -0.526. The van der Waals surface area contributed by atoms with Crippen LogP contribution >= 0.6 is 11.6 Å². The number of rotatable bonds is 4. The average molecular weight is 398 g/mol. The standard InChI is InChI=1S/C20H12ClNO6/c21-12-2-4-17-13(7-12)15(23)8-18(28-17)20(26)27-9-16(24)10-1-3-14-11(5-10)6-19(25)22-14/h1-5,7-8H,6,9H2,(H,22,25). The van der Waals surface area contributed by atoms with E-state index >= 15 is 0 Å². The van der Waals surface area contributed by atoms with Crippen LogP contribution in [0.2, 0.25) is 5.02 Å². The van der Waals surface area contributed by atoms with Crippen LogP contribution in [0.3, 0.4) is 0 Å². The van der Waals surface area contributed by atoms with Gasteiger partial charge in [0.25, 0.3) is 0 Å². The Morgan fingerprint density at radius 3 is 2.75 bits per heavy atom. The van der Waals surface area contributed by atoms with Crippen LogP contribution in [0, 0.1) is 0 Å². The molecule has 1 aromatic heterocycles. The van der Waals surface area contributed by atoms with E-state index in [2.05, 4.69) is 5.32 Å².